The SMILES string of the molecule is CC[C@@H](C(=O)Nc1ccc(Nc2cc(-n3ccnc3)ncn2)cc1)c1ccccc1. The normalized spacial score (nSPS) is 11.6. The highest BCUT2D eigenvalue weighted by Gasteiger charge is 2.18. The van der Waals surface area contributed by atoms with Crippen LogP contribution in [0.25, 0.3) is 5.82 Å². The summed E-state index contributed by atoms with van der Waals surface area (Å²) >= 11 is 0. The lowest BCUT2D eigenvalue weighted by Crippen LogP contribution is -2.20. The van der Waals surface area contributed by atoms with Crippen molar-refractivity contribution in [3.63, 3.8) is 0 Å². The second kappa shape index (κ2) is 9.00. The lowest BCUT2D eigenvalue weighted by atomic mass is 9.95. The van der Waals surface area contributed by atoms with E-state index in [4.69, 9.17) is 0 Å². The predicted molar refractivity (Wildman–Crippen MR) is 117 cm³/mol. The Morgan fingerprint density at radius 2 is 1.80 bits per heavy atom. The number of hydrogen-bond acceptors (Lipinski definition) is 5. The summed E-state index contributed by atoms with van der Waals surface area (Å²) in [5, 5.41) is 6.26. The molecule has 7 heteroatoms. The number of hydrogen-bond donors (Lipinski definition) is 2. The third kappa shape index (κ3) is 4.52. The molecule has 0 fully saturated rings. The molecule has 0 saturated carbocycles. The topological polar surface area (TPSA) is 84.7 Å². The summed E-state index contributed by atoms with van der Waals surface area (Å²) in [6, 6.07) is 19.2. The molecule has 1 atom stereocenters. The highest BCUT2D eigenvalue weighted by Crippen LogP contribution is 2.23. The standard InChI is InChI=1S/C23H22N6O/c1-2-20(17-6-4-3-5-7-17)23(30)28-19-10-8-18(9-11-19)27-21-14-22(26-15-25-21)29-13-12-24-16-29/h3-16,20H,2H2,1H3,(H,28,30)(H,25,26,27)/t20-/m1/s1. The molecule has 4 rings (SSSR count). The second-order valence-electron chi connectivity index (χ2n) is 6.79. The predicted octanol–water partition coefficient (Wildman–Crippen LogP) is 4.54. The molecule has 150 valence electrons. The number of benzene rings is 2. The molecular formula is C23H22N6O. The first-order chi connectivity index (χ1) is 14.7. The molecule has 1 amide bonds. The summed E-state index contributed by atoms with van der Waals surface area (Å²) in [6.07, 6.45) is 7.44. The van der Waals surface area contributed by atoms with Crippen LogP contribution >= 0.6 is 0 Å². The van der Waals surface area contributed by atoms with Crippen LogP contribution < -0.4 is 10.6 Å². The molecular weight excluding hydrogens is 376 g/mol. The number of anilines is 3. The van der Waals surface area contributed by atoms with Crippen molar-refractivity contribution in [2.75, 3.05) is 10.6 Å². The van der Waals surface area contributed by atoms with Gasteiger partial charge < -0.3 is 10.6 Å². The summed E-state index contributed by atoms with van der Waals surface area (Å²) in [5.41, 5.74) is 2.63. The van der Waals surface area contributed by atoms with Gasteiger partial charge in [0.15, 0.2) is 0 Å². The monoisotopic (exact) mass is 398 g/mol. The molecule has 0 bridgehead atoms. The molecule has 2 heterocycles. The minimum Gasteiger partial charge on any atom is -0.340 e. The van der Waals surface area contributed by atoms with Crippen LogP contribution in [-0.4, -0.2) is 25.4 Å². The van der Waals surface area contributed by atoms with Crippen LogP contribution in [0.1, 0.15) is 24.8 Å². The molecule has 30 heavy (non-hydrogen) atoms. The van der Waals surface area contributed by atoms with Gasteiger partial charge in [-0.25, -0.2) is 15.0 Å². The van der Waals surface area contributed by atoms with Crippen molar-refractivity contribution in [2.45, 2.75) is 19.3 Å². The first-order valence-corrected chi connectivity index (χ1v) is 9.76. The Bertz CT molecular complexity index is 1090. The maximum Gasteiger partial charge on any atom is 0.231 e. The van der Waals surface area contributed by atoms with Crippen molar-refractivity contribution in [1.29, 1.82) is 0 Å². The van der Waals surface area contributed by atoms with Crippen molar-refractivity contribution >= 4 is 23.1 Å². The number of imidazole rings is 1. The van der Waals surface area contributed by atoms with E-state index in [0.717, 1.165) is 29.2 Å². The summed E-state index contributed by atoms with van der Waals surface area (Å²) in [5.74, 6) is 1.21. The van der Waals surface area contributed by atoms with Gasteiger partial charge in [-0.2, -0.15) is 0 Å². The van der Waals surface area contributed by atoms with E-state index < -0.39 is 0 Å². The van der Waals surface area contributed by atoms with Crippen molar-refractivity contribution in [3.05, 3.63) is 91.3 Å². The molecule has 0 unspecified atom stereocenters. The van der Waals surface area contributed by atoms with Crippen molar-refractivity contribution in [3.8, 4) is 5.82 Å². The van der Waals surface area contributed by atoms with Gasteiger partial charge in [0.25, 0.3) is 0 Å². The summed E-state index contributed by atoms with van der Waals surface area (Å²) in [7, 11) is 0. The average Bonchev–Trinajstić information content (AvgIpc) is 3.32. The third-order valence-electron chi connectivity index (χ3n) is 4.77. The fourth-order valence-electron chi connectivity index (χ4n) is 3.22. The molecule has 0 spiro atoms. The fraction of sp³-hybridized carbons (Fsp3) is 0.130. The molecule has 7 nitrogen and oxygen atoms in total. The second-order valence-corrected chi connectivity index (χ2v) is 6.79. The van der Waals surface area contributed by atoms with Gasteiger partial charge >= 0.3 is 0 Å². The minimum atomic E-state index is -0.174. The molecule has 4 aromatic rings. The van der Waals surface area contributed by atoms with Gasteiger partial charge in [0.2, 0.25) is 5.91 Å². The van der Waals surface area contributed by atoms with Crippen LogP contribution in [0.2, 0.25) is 0 Å². The Labute approximate surface area is 174 Å². The number of rotatable bonds is 7. The minimum absolute atomic E-state index is 0.00909. The quantitative estimate of drug-likeness (QED) is 0.477. The highest BCUT2D eigenvalue weighted by molar-refractivity contribution is 5.96. The van der Waals surface area contributed by atoms with Crippen LogP contribution in [0.5, 0.6) is 0 Å². The summed E-state index contributed by atoms with van der Waals surface area (Å²) in [4.78, 5) is 25.3. The zero-order chi connectivity index (χ0) is 20.8. The van der Waals surface area contributed by atoms with Gasteiger partial charge in [-0.15, -0.1) is 0 Å². The van der Waals surface area contributed by atoms with E-state index in [0.29, 0.717) is 5.82 Å². The number of carbonyl (C=O) groups excluding carboxylic acids is 1. The maximum atomic E-state index is 12.7. The Hall–Kier alpha value is -4.00. The van der Waals surface area contributed by atoms with E-state index in [1.54, 1.807) is 12.5 Å². The fourth-order valence-corrected chi connectivity index (χ4v) is 3.22. The van der Waals surface area contributed by atoms with Crippen LogP contribution in [0.3, 0.4) is 0 Å². The molecule has 0 saturated heterocycles. The van der Waals surface area contributed by atoms with Gasteiger partial charge in [0.05, 0.1) is 5.92 Å². The number of nitrogens with one attached hydrogen (secondary N) is 2. The van der Waals surface area contributed by atoms with Gasteiger partial charge in [0, 0.05) is 29.8 Å². The van der Waals surface area contributed by atoms with Gasteiger partial charge in [-0.1, -0.05) is 37.3 Å². The van der Waals surface area contributed by atoms with Crippen molar-refractivity contribution in [1.82, 2.24) is 19.5 Å². The molecule has 0 aliphatic rings. The van der Waals surface area contributed by atoms with E-state index in [-0.39, 0.29) is 11.8 Å². The van der Waals surface area contributed by atoms with Crippen LogP contribution in [0.4, 0.5) is 17.2 Å². The average molecular weight is 398 g/mol. The zero-order valence-corrected chi connectivity index (χ0v) is 16.6. The van der Waals surface area contributed by atoms with Gasteiger partial charge in [-0.3, -0.25) is 9.36 Å². The Morgan fingerprint density at radius 3 is 2.50 bits per heavy atom. The van der Waals surface area contributed by atoms with E-state index >= 15 is 0 Å². The molecule has 2 aromatic carbocycles. The number of aromatic nitrogens is 4. The zero-order valence-electron chi connectivity index (χ0n) is 16.6. The molecule has 0 aliphatic heterocycles. The van der Waals surface area contributed by atoms with Crippen molar-refractivity contribution in [2.24, 2.45) is 0 Å². The largest absolute Gasteiger partial charge is 0.340 e. The molecule has 0 aliphatic carbocycles. The molecule has 0 radical (unpaired) electrons. The van der Waals surface area contributed by atoms with E-state index in [9.17, 15) is 4.79 Å². The first-order valence-electron chi connectivity index (χ1n) is 9.76. The Kier molecular flexibility index (Phi) is 5.80. The van der Waals surface area contributed by atoms with Crippen LogP contribution in [0.15, 0.2) is 85.7 Å². The van der Waals surface area contributed by atoms with E-state index in [2.05, 4.69) is 25.6 Å². The van der Waals surface area contributed by atoms with Crippen LogP contribution in [-0.2, 0) is 4.79 Å². The molecule has 2 aromatic heterocycles. The van der Waals surface area contributed by atoms with E-state index in [1.165, 1.54) is 6.33 Å². The first kappa shape index (κ1) is 19.3. The number of amides is 1. The Morgan fingerprint density at radius 1 is 1.03 bits per heavy atom. The number of carbonyl (C=O) groups is 1. The lowest BCUT2D eigenvalue weighted by Gasteiger charge is -2.16. The highest BCUT2D eigenvalue weighted by atomic mass is 16.1. The lowest BCUT2D eigenvalue weighted by molar-refractivity contribution is -0.117. The summed E-state index contributed by atoms with van der Waals surface area (Å²) < 4.78 is 1.81. The molecule has 2 N–H and O–H groups in total. The third-order valence-corrected chi connectivity index (χ3v) is 4.77. The summed E-state index contributed by atoms with van der Waals surface area (Å²) in [6.45, 7) is 2.02. The van der Waals surface area contributed by atoms with Gasteiger partial charge in [0.1, 0.15) is 24.3 Å². The van der Waals surface area contributed by atoms with E-state index in [1.807, 2.05) is 78.4 Å². The Balaban J connectivity index is 1.42. The number of nitrogens with zero attached hydrogens (tertiary/aromatic N) is 4. The van der Waals surface area contributed by atoms with Crippen molar-refractivity contribution < 1.29 is 4.79 Å². The van der Waals surface area contributed by atoms with Crippen LogP contribution in [0, 0.1) is 0 Å². The van der Waals surface area contributed by atoms with Gasteiger partial charge in [-0.05, 0) is 36.2 Å². The maximum absolute atomic E-state index is 12.7. The smallest absolute Gasteiger partial charge is 0.231 e.